The van der Waals surface area contributed by atoms with Crippen molar-refractivity contribution in [2.45, 2.75) is 6.92 Å². The molecule has 0 unspecified atom stereocenters. The molecule has 4 aromatic carbocycles. The van der Waals surface area contributed by atoms with E-state index in [0.29, 0.717) is 45.9 Å². The molecule has 1 N–H and O–H groups in total. The number of hydrogen-bond donors (Lipinski definition) is 1. The average molecular weight is 577 g/mol. The third-order valence-electron chi connectivity index (χ3n) is 6.50. The highest BCUT2D eigenvalue weighted by Gasteiger charge is 2.17. The van der Waals surface area contributed by atoms with Crippen molar-refractivity contribution in [1.29, 1.82) is 0 Å². The molecule has 0 radical (unpaired) electrons. The van der Waals surface area contributed by atoms with Crippen LogP contribution in [0.4, 0.5) is 10.1 Å². The summed E-state index contributed by atoms with van der Waals surface area (Å²) in [7, 11) is 0. The molecule has 0 aliphatic heterocycles. The number of halogens is 1. The number of ether oxygens (including phenoxy) is 2. The number of aromatic nitrogens is 2. The summed E-state index contributed by atoms with van der Waals surface area (Å²) in [5.74, 6) is 0.260. The summed E-state index contributed by atoms with van der Waals surface area (Å²) in [5.41, 5.74) is 1.49. The first-order valence-corrected chi connectivity index (χ1v) is 13.5. The van der Waals surface area contributed by atoms with Gasteiger partial charge in [0.15, 0.2) is 23.9 Å². The van der Waals surface area contributed by atoms with Crippen molar-refractivity contribution in [3.63, 3.8) is 0 Å². The SMILES string of the molecule is CCOc1cc(C=Nn2c(-c3cc4ccccc4o3)nc3ccccc3c2=O)ccc1OCC(=O)Nc1ccccc1F. The molecule has 214 valence electrons. The standard InChI is InChI=1S/C33H25FN4O5/c1-2-41-29-17-21(15-16-28(29)42-20-31(39)36-26-13-7-5-11-24(26)34)19-35-38-32(30-18-22-9-3-8-14-27(22)43-30)37-25-12-6-4-10-23(25)33(38)40/h3-19H,2,20H2,1H3,(H,36,39). The largest absolute Gasteiger partial charge is 0.490 e. The lowest BCUT2D eigenvalue weighted by atomic mass is 10.2. The zero-order valence-electron chi connectivity index (χ0n) is 23.0. The number of rotatable bonds is 9. The highest BCUT2D eigenvalue weighted by molar-refractivity contribution is 5.92. The van der Waals surface area contributed by atoms with Crippen LogP contribution in [0, 0.1) is 5.82 Å². The number of carbonyl (C=O) groups excluding carboxylic acids is 1. The fourth-order valence-corrected chi connectivity index (χ4v) is 4.49. The van der Waals surface area contributed by atoms with Crippen LogP contribution in [0.5, 0.6) is 11.5 Å². The normalized spacial score (nSPS) is 11.3. The topological polar surface area (TPSA) is 108 Å². The van der Waals surface area contributed by atoms with Gasteiger partial charge in [-0.15, -0.1) is 0 Å². The fraction of sp³-hybridized carbons (Fsp3) is 0.0909. The second kappa shape index (κ2) is 12.0. The van der Waals surface area contributed by atoms with Crippen molar-refractivity contribution in [3.8, 4) is 23.1 Å². The Bertz CT molecular complexity index is 2020. The lowest BCUT2D eigenvalue weighted by molar-refractivity contribution is -0.118. The monoisotopic (exact) mass is 576 g/mol. The molecule has 1 amide bonds. The van der Waals surface area contributed by atoms with Crippen molar-refractivity contribution < 1.29 is 23.1 Å². The summed E-state index contributed by atoms with van der Waals surface area (Å²) in [6.07, 6.45) is 1.50. The Kier molecular flexibility index (Phi) is 7.64. The molecular formula is C33H25FN4O5. The minimum absolute atomic E-state index is 0.0631. The van der Waals surface area contributed by atoms with Crippen LogP contribution in [0.15, 0.2) is 111 Å². The van der Waals surface area contributed by atoms with Gasteiger partial charge in [0.05, 0.1) is 29.4 Å². The maximum Gasteiger partial charge on any atom is 0.282 e. The Balaban J connectivity index is 1.30. The Morgan fingerprint density at radius 1 is 0.977 bits per heavy atom. The zero-order chi connectivity index (χ0) is 29.8. The highest BCUT2D eigenvalue weighted by Crippen LogP contribution is 2.29. The lowest BCUT2D eigenvalue weighted by Gasteiger charge is -2.13. The van der Waals surface area contributed by atoms with E-state index in [-0.39, 0.29) is 23.7 Å². The molecule has 0 spiro atoms. The number of benzene rings is 4. The van der Waals surface area contributed by atoms with Gasteiger partial charge in [0.25, 0.3) is 11.5 Å². The number of anilines is 1. The van der Waals surface area contributed by atoms with Crippen LogP contribution < -0.4 is 20.3 Å². The van der Waals surface area contributed by atoms with E-state index in [1.807, 2.05) is 43.3 Å². The highest BCUT2D eigenvalue weighted by atomic mass is 19.1. The van der Waals surface area contributed by atoms with Crippen LogP contribution in [-0.2, 0) is 4.79 Å². The molecule has 0 aliphatic rings. The van der Waals surface area contributed by atoms with Crippen molar-refractivity contribution in [2.75, 3.05) is 18.5 Å². The zero-order valence-corrected chi connectivity index (χ0v) is 23.0. The Labute approximate surface area is 244 Å². The van der Waals surface area contributed by atoms with E-state index in [4.69, 9.17) is 18.9 Å². The molecule has 2 heterocycles. The number of carbonyl (C=O) groups is 1. The van der Waals surface area contributed by atoms with Crippen molar-refractivity contribution in [3.05, 3.63) is 119 Å². The van der Waals surface area contributed by atoms with Crippen molar-refractivity contribution >= 4 is 39.7 Å². The average Bonchev–Trinajstić information content (AvgIpc) is 3.46. The summed E-state index contributed by atoms with van der Waals surface area (Å²) in [4.78, 5) is 30.6. The lowest BCUT2D eigenvalue weighted by Crippen LogP contribution is -2.21. The van der Waals surface area contributed by atoms with Crippen LogP contribution >= 0.6 is 0 Å². The smallest absolute Gasteiger partial charge is 0.282 e. The van der Waals surface area contributed by atoms with Crippen LogP contribution in [-0.4, -0.2) is 35.0 Å². The molecule has 6 rings (SSSR count). The van der Waals surface area contributed by atoms with Crippen molar-refractivity contribution in [2.24, 2.45) is 5.10 Å². The summed E-state index contributed by atoms with van der Waals surface area (Å²) >= 11 is 0. The van der Waals surface area contributed by atoms with E-state index in [0.717, 1.165) is 5.39 Å². The molecule has 0 atom stereocenters. The summed E-state index contributed by atoms with van der Waals surface area (Å²) in [6, 6.07) is 27.3. The van der Waals surface area contributed by atoms with Gasteiger partial charge in [-0.25, -0.2) is 9.37 Å². The maximum absolute atomic E-state index is 13.9. The van der Waals surface area contributed by atoms with E-state index in [2.05, 4.69) is 10.4 Å². The number of nitrogens with one attached hydrogen (secondary N) is 1. The van der Waals surface area contributed by atoms with Gasteiger partial charge in [-0.2, -0.15) is 9.78 Å². The van der Waals surface area contributed by atoms with Gasteiger partial charge < -0.3 is 19.2 Å². The van der Waals surface area contributed by atoms with E-state index in [9.17, 15) is 14.0 Å². The minimum Gasteiger partial charge on any atom is -0.490 e. The third-order valence-corrected chi connectivity index (χ3v) is 6.50. The first-order chi connectivity index (χ1) is 21.0. The molecule has 0 aliphatic carbocycles. The molecule has 0 saturated heterocycles. The molecule has 0 saturated carbocycles. The predicted octanol–water partition coefficient (Wildman–Crippen LogP) is 6.25. The second-order valence-electron chi connectivity index (χ2n) is 9.42. The molecule has 9 nitrogen and oxygen atoms in total. The van der Waals surface area contributed by atoms with E-state index < -0.39 is 11.7 Å². The first kappa shape index (κ1) is 27.4. The van der Waals surface area contributed by atoms with Crippen molar-refractivity contribution in [1.82, 2.24) is 9.66 Å². The maximum atomic E-state index is 13.9. The first-order valence-electron chi connectivity index (χ1n) is 13.5. The van der Waals surface area contributed by atoms with Gasteiger partial charge in [0.1, 0.15) is 11.4 Å². The number of para-hydroxylation sites is 3. The van der Waals surface area contributed by atoms with Crippen LogP contribution in [0.2, 0.25) is 0 Å². The molecule has 43 heavy (non-hydrogen) atoms. The minimum atomic E-state index is -0.543. The Morgan fingerprint density at radius 3 is 2.60 bits per heavy atom. The molecule has 10 heteroatoms. The van der Waals surface area contributed by atoms with Gasteiger partial charge in [-0.1, -0.05) is 42.5 Å². The van der Waals surface area contributed by atoms with Gasteiger partial charge in [0.2, 0.25) is 5.82 Å². The van der Waals surface area contributed by atoms with Gasteiger partial charge in [-0.3, -0.25) is 9.59 Å². The molecule has 0 bridgehead atoms. The van der Waals surface area contributed by atoms with Gasteiger partial charge in [0, 0.05) is 5.39 Å². The van der Waals surface area contributed by atoms with Gasteiger partial charge in [-0.05, 0) is 67.1 Å². The molecule has 2 aromatic heterocycles. The summed E-state index contributed by atoms with van der Waals surface area (Å²) in [5, 5.41) is 8.25. The van der Waals surface area contributed by atoms with Gasteiger partial charge >= 0.3 is 0 Å². The number of furan rings is 1. The molecule has 0 fully saturated rings. The summed E-state index contributed by atoms with van der Waals surface area (Å²) in [6.45, 7) is 1.79. The number of nitrogens with zero attached hydrogens (tertiary/aromatic N) is 3. The predicted molar refractivity (Wildman–Crippen MR) is 162 cm³/mol. The van der Waals surface area contributed by atoms with Crippen LogP contribution in [0.3, 0.4) is 0 Å². The second-order valence-corrected chi connectivity index (χ2v) is 9.42. The summed E-state index contributed by atoms with van der Waals surface area (Å²) < 4.78 is 32.5. The Hall–Kier alpha value is -5.77. The number of amides is 1. The molecular weight excluding hydrogens is 551 g/mol. The van der Waals surface area contributed by atoms with E-state index >= 15 is 0 Å². The number of fused-ring (bicyclic) bond motifs is 2. The molecule has 6 aromatic rings. The Morgan fingerprint density at radius 2 is 1.77 bits per heavy atom. The number of hydrogen-bond acceptors (Lipinski definition) is 7. The van der Waals surface area contributed by atoms with Crippen LogP contribution in [0.25, 0.3) is 33.5 Å². The van der Waals surface area contributed by atoms with E-state index in [1.54, 1.807) is 42.5 Å². The van der Waals surface area contributed by atoms with Crippen LogP contribution in [0.1, 0.15) is 12.5 Å². The fourth-order valence-electron chi connectivity index (χ4n) is 4.49. The quantitative estimate of drug-likeness (QED) is 0.204. The van der Waals surface area contributed by atoms with E-state index in [1.165, 1.54) is 29.1 Å². The third kappa shape index (κ3) is 5.84.